The molecule has 0 spiro atoms. The minimum absolute atomic E-state index is 0.0701. The molecule has 2 aliphatic heterocycles. The molecular weight excluding hydrogens is 406 g/mol. The van der Waals surface area contributed by atoms with Gasteiger partial charge in [0.15, 0.2) is 0 Å². The largest absolute Gasteiger partial charge is 0.456 e. The highest BCUT2D eigenvalue weighted by molar-refractivity contribution is 6.31. The number of carbonyl (C=O) groups excluding carboxylic acids is 3. The van der Waals surface area contributed by atoms with E-state index in [1.165, 1.54) is 4.90 Å². The lowest BCUT2D eigenvalue weighted by molar-refractivity contribution is -0.136. The predicted octanol–water partition coefficient (Wildman–Crippen LogP) is 3.47. The van der Waals surface area contributed by atoms with Crippen molar-refractivity contribution in [2.75, 3.05) is 18.5 Å². The highest BCUT2D eigenvalue weighted by atomic mass is 35.5. The third-order valence-corrected chi connectivity index (χ3v) is 5.74. The van der Waals surface area contributed by atoms with E-state index in [1.807, 2.05) is 26.0 Å². The standard InChI is InChI=1S/C22H20ClN3O4/c1-12-6-5-9-16(13(12)2)24-18(27)10-26-17-11-30-21(28)19(17)20(25-22(26)29)14-7-3-4-8-15(14)23/h3-9,20H,10-11H2,1-2H3,(H,24,27)(H,25,29). The van der Waals surface area contributed by atoms with E-state index < -0.39 is 18.0 Å². The summed E-state index contributed by atoms with van der Waals surface area (Å²) in [6, 6.07) is 11.4. The van der Waals surface area contributed by atoms with Gasteiger partial charge < -0.3 is 15.4 Å². The molecule has 2 aromatic carbocycles. The van der Waals surface area contributed by atoms with Gasteiger partial charge in [0.05, 0.1) is 17.3 Å². The van der Waals surface area contributed by atoms with Crippen LogP contribution in [0, 0.1) is 13.8 Å². The number of urea groups is 1. The van der Waals surface area contributed by atoms with Crippen LogP contribution >= 0.6 is 11.6 Å². The second-order valence-corrected chi connectivity index (χ2v) is 7.63. The van der Waals surface area contributed by atoms with Crippen LogP contribution in [-0.2, 0) is 14.3 Å². The number of anilines is 1. The number of amides is 3. The quantitative estimate of drug-likeness (QED) is 0.734. The van der Waals surface area contributed by atoms with Crippen LogP contribution in [0.4, 0.5) is 10.5 Å². The Morgan fingerprint density at radius 1 is 1.20 bits per heavy atom. The van der Waals surface area contributed by atoms with E-state index in [4.69, 9.17) is 16.3 Å². The van der Waals surface area contributed by atoms with Gasteiger partial charge in [-0.25, -0.2) is 9.59 Å². The number of benzene rings is 2. The summed E-state index contributed by atoms with van der Waals surface area (Å²) in [5, 5.41) is 6.04. The van der Waals surface area contributed by atoms with E-state index in [0.717, 1.165) is 11.1 Å². The second kappa shape index (κ2) is 7.84. The molecular formula is C22H20ClN3O4. The summed E-state index contributed by atoms with van der Waals surface area (Å²) < 4.78 is 5.18. The third kappa shape index (κ3) is 3.52. The van der Waals surface area contributed by atoms with Crippen molar-refractivity contribution in [1.82, 2.24) is 10.2 Å². The van der Waals surface area contributed by atoms with Crippen LogP contribution in [0.15, 0.2) is 53.7 Å². The number of aryl methyl sites for hydroxylation is 1. The number of ether oxygens (including phenoxy) is 1. The lowest BCUT2D eigenvalue weighted by Gasteiger charge is -2.32. The van der Waals surface area contributed by atoms with Gasteiger partial charge in [-0.1, -0.05) is 41.9 Å². The van der Waals surface area contributed by atoms with Crippen LogP contribution in [-0.4, -0.2) is 36.0 Å². The minimum atomic E-state index is -0.727. The molecule has 0 radical (unpaired) electrons. The highest BCUT2D eigenvalue weighted by Crippen LogP contribution is 2.37. The summed E-state index contributed by atoms with van der Waals surface area (Å²) in [6.45, 7) is 3.55. The molecule has 8 heteroatoms. The lowest BCUT2D eigenvalue weighted by Crippen LogP contribution is -2.49. The summed E-state index contributed by atoms with van der Waals surface area (Å²) in [7, 11) is 0. The fourth-order valence-corrected chi connectivity index (χ4v) is 3.89. The van der Waals surface area contributed by atoms with Gasteiger partial charge in [0.1, 0.15) is 13.2 Å². The third-order valence-electron chi connectivity index (χ3n) is 5.39. The van der Waals surface area contributed by atoms with Gasteiger partial charge in [-0.15, -0.1) is 0 Å². The summed E-state index contributed by atoms with van der Waals surface area (Å²) in [4.78, 5) is 39.2. The van der Waals surface area contributed by atoms with Crippen LogP contribution in [0.2, 0.25) is 5.02 Å². The zero-order valence-electron chi connectivity index (χ0n) is 16.5. The molecule has 154 valence electrons. The summed E-state index contributed by atoms with van der Waals surface area (Å²) in [6.07, 6.45) is 0. The Labute approximate surface area is 178 Å². The molecule has 4 rings (SSSR count). The number of esters is 1. The molecule has 1 unspecified atom stereocenters. The molecule has 3 amide bonds. The number of halogens is 1. The molecule has 30 heavy (non-hydrogen) atoms. The van der Waals surface area contributed by atoms with Crippen LogP contribution in [0.3, 0.4) is 0 Å². The lowest BCUT2D eigenvalue weighted by atomic mass is 9.95. The Kier molecular flexibility index (Phi) is 5.22. The first kappa shape index (κ1) is 20.0. The van der Waals surface area contributed by atoms with Crippen molar-refractivity contribution in [2.45, 2.75) is 19.9 Å². The zero-order chi connectivity index (χ0) is 21.4. The molecule has 7 nitrogen and oxygen atoms in total. The normalized spacial score (nSPS) is 18.1. The van der Waals surface area contributed by atoms with E-state index in [0.29, 0.717) is 27.5 Å². The monoisotopic (exact) mass is 425 g/mol. The van der Waals surface area contributed by atoms with E-state index >= 15 is 0 Å². The molecule has 0 aromatic heterocycles. The van der Waals surface area contributed by atoms with Gasteiger partial charge in [-0.2, -0.15) is 0 Å². The molecule has 0 bridgehead atoms. The number of nitrogens with zero attached hydrogens (tertiary/aromatic N) is 1. The van der Waals surface area contributed by atoms with Crippen LogP contribution in [0.5, 0.6) is 0 Å². The topological polar surface area (TPSA) is 87.7 Å². The van der Waals surface area contributed by atoms with Gasteiger partial charge in [-0.05, 0) is 42.7 Å². The Bertz CT molecular complexity index is 1100. The maximum Gasteiger partial charge on any atom is 0.338 e. The van der Waals surface area contributed by atoms with Crippen molar-refractivity contribution in [2.24, 2.45) is 0 Å². The maximum absolute atomic E-state index is 12.8. The number of carbonyl (C=O) groups is 3. The number of rotatable bonds is 4. The SMILES string of the molecule is Cc1cccc(NC(=O)CN2C(=O)NC(c3ccccc3Cl)C3=C2COC3=O)c1C. The van der Waals surface area contributed by atoms with E-state index in [-0.39, 0.29) is 19.1 Å². The summed E-state index contributed by atoms with van der Waals surface area (Å²) in [5.41, 5.74) is 3.95. The molecule has 0 saturated carbocycles. The smallest absolute Gasteiger partial charge is 0.338 e. The van der Waals surface area contributed by atoms with Crippen molar-refractivity contribution in [1.29, 1.82) is 0 Å². The fraction of sp³-hybridized carbons (Fsp3) is 0.227. The molecule has 0 aliphatic carbocycles. The highest BCUT2D eigenvalue weighted by Gasteiger charge is 2.43. The zero-order valence-corrected chi connectivity index (χ0v) is 17.2. The van der Waals surface area contributed by atoms with Gasteiger partial charge >= 0.3 is 12.0 Å². The molecule has 2 heterocycles. The van der Waals surface area contributed by atoms with E-state index in [2.05, 4.69) is 10.6 Å². The Morgan fingerprint density at radius 3 is 2.73 bits per heavy atom. The number of nitrogens with one attached hydrogen (secondary N) is 2. The Hall–Kier alpha value is -3.32. The molecule has 1 atom stereocenters. The van der Waals surface area contributed by atoms with Crippen molar-refractivity contribution in [3.05, 3.63) is 75.4 Å². The Balaban J connectivity index is 1.62. The maximum atomic E-state index is 12.8. The van der Waals surface area contributed by atoms with Gasteiger partial charge in [0.2, 0.25) is 5.91 Å². The first-order valence-corrected chi connectivity index (χ1v) is 9.83. The van der Waals surface area contributed by atoms with Crippen LogP contribution < -0.4 is 10.6 Å². The Morgan fingerprint density at radius 2 is 1.97 bits per heavy atom. The first-order chi connectivity index (χ1) is 14.4. The summed E-state index contributed by atoms with van der Waals surface area (Å²) >= 11 is 6.28. The van der Waals surface area contributed by atoms with Gasteiger partial charge in [0.25, 0.3) is 0 Å². The molecule has 2 N–H and O–H groups in total. The number of cyclic esters (lactones) is 1. The van der Waals surface area contributed by atoms with Gasteiger partial charge in [-0.3, -0.25) is 9.69 Å². The predicted molar refractivity (Wildman–Crippen MR) is 112 cm³/mol. The second-order valence-electron chi connectivity index (χ2n) is 7.22. The van der Waals surface area contributed by atoms with Crippen LogP contribution in [0.25, 0.3) is 0 Å². The number of hydrogen-bond donors (Lipinski definition) is 2. The first-order valence-electron chi connectivity index (χ1n) is 9.45. The van der Waals surface area contributed by atoms with E-state index in [9.17, 15) is 14.4 Å². The van der Waals surface area contributed by atoms with Gasteiger partial charge in [0, 0.05) is 10.7 Å². The molecule has 0 saturated heterocycles. The summed E-state index contributed by atoms with van der Waals surface area (Å²) in [5.74, 6) is -0.906. The average Bonchev–Trinajstić information content (AvgIpc) is 3.10. The minimum Gasteiger partial charge on any atom is -0.456 e. The molecule has 0 fully saturated rings. The van der Waals surface area contributed by atoms with E-state index in [1.54, 1.807) is 30.3 Å². The van der Waals surface area contributed by atoms with Crippen LogP contribution in [0.1, 0.15) is 22.7 Å². The van der Waals surface area contributed by atoms with Crippen molar-refractivity contribution >= 4 is 35.2 Å². The average molecular weight is 426 g/mol. The fourth-order valence-electron chi connectivity index (χ4n) is 3.64. The molecule has 2 aliphatic rings. The van der Waals surface area contributed by atoms with Crippen molar-refractivity contribution < 1.29 is 19.1 Å². The number of hydrogen-bond acceptors (Lipinski definition) is 4. The molecule has 2 aromatic rings. The van der Waals surface area contributed by atoms with Crippen molar-refractivity contribution in [3.63, 3.8) is 0 Å². The van der Waals surface area contributed by atoms with Crippen molar-refractivity contribution in [3.8, 4) is 0 Å².